The summed E-state index contributed by atoms with van der Waals surface area (Å²) in [4.78, 5) is 51.6. The van der Waals surface area contributed by atoms with Crippen LogP contribution in [-0.4, -0.2) is 117 Å². The fraction of sp³-hybridized carbons (Fsp3) is 0.571. The van der Waals surface area contributed by atoms with Crippen LogP contribution in [0, 0.1) is 0 Å². The monoisotopic (exact) mass is 717 g/mol. The van der Waals surface area contributed by atoms with Crippen molar-refractivity contribution < 1.29 is 27.9 Å². The molecule has 4 fully saturated rings. The maximum Gasteiger partial charge on any atom is 0.420 e. The second-order valence-corrected chi connectivity index (χ2v) is 14.7. The van der Waals surface area contributed by atoms with Crippen molar-refractivity contribution in [1.29, 1.82) is 0 Å². The van der Waals surface area contributed by atoms with Crippen molar-refractivity contribution in [3.05, 3.63) is 63.0 Å². The minimum Gasteiger partial charge on any atom is -0.506 e. The van der Waals surface area contributed by atoms with Crippen molar-refractivity contribution >= 4 is 34.6 Å². The van der Waals surface area contributed by atoms with Crippen LogP contribution in [0.1, 0.15) is 55.7 Å². The molecule has 11 nitrogen and oxygen atoms in total. The van der Waals surface area contributed by atoms with Gasteiger partial charge < -0.3 is 30.1 Å². The molecule has 15 heteroatoms. The summed E-state index contributed by atoms with van der Waals surface area (Å²) in [5.41, 5.74) is 0.0831. The van der Waals surface area contributed by atoms with E-state index in [1.807, 2.05) is 24.3 Å². The first-order chi connectivity index (χ1) is 23.9. The Hall–Kier alpha value is -3.75. The van der Waals surface area contributed by atoms with E-state index in [-0.39, 0.29) is 29.6 Å². The summed E-state index contributed by atoms with van der Waals surface area (Å²) < 4.78 is 43.0. The van der Waals surface area contributed by atoms with Gasteiger partial charge in [-0.25, -0.2) is 9.59 Å². The number of aromatic nitrogens is 2. The first kappa shape index (κ1) is 34.7. The van der Waals surface area contributed by atoms with Gasteiger partial charge in [-0.05, 0) is 75.4 Å². The Morgan fingerprint density at radius 3 is 2.26 bits per heavy atom. The molecule has 2 aromatic carbocycles. The molecule has 4 saturated heterocycles. The van der Waals surface area contributed by atoms with Gasteiger partial charge >= 0.3 is 17.9 Å². The number of hydrogen-bond acceptors (Lipinski definition) is 6. The lowest BCUT2D eigenvalue weighted by Gasteiger charge is -2.45. The lowest BCUT2D eigenvalue weighted by atomic mass is 9.95. The number of H-pyrrole nitrogens is 1. The van der Waals surface area contributed by atoms with Crippen LogP contribution in [0.5, 0.6) is 5.75 Å². The molecule has 2 bridgehead atoms. The zero-order valence-electron chi connectivity index (χ0n) is 28.0. The van der Waals surface area contributed by atoms with Crippen LogP contribution in [0.3, 0.4) is 0 Å². The Bertz CT molecular complexity index is 1780. The normalized spacial score (nSPS) is 24.5. The first-order valence-corrected chi connectivity index (χ1v) is 17.8. The molecule has 0 radical (unpaired) electrons. The third-order valence-corrected chi connectivity index (χ3v) is 11.7. The standard InChI is InChI=1S/C35H43ClF3N7O4/c1-42-23-6-7-24(42)20-25(19-23)43-12-14-44(15-13-43)32(48)29(18-21-16-26(35(37,38)39)31(47)27(36)17-21)41-33(49)45-10-8-22(9-11-45)46-30-5-3-2-4-28(30)40-34(46)50/h2-5,16-17,22-25,29,47H,6-15,18-20H2,1H3,(H,40,50)(H,41,49)/t23?,24?,25?,29-/m1/s1. The molecule has 0 saturated carbocycles. The Morgan fingerprint density at radius 1 is 0.940 bits per heavy atom. The third-order valence-electron chi connectivity index (χ3n) is 11.4. The number of benzene rings is 2. The number of piperidine rings is 2. The number of hydrogen-bond donors (Lipinski definition) is 3. The maximum atomic E-state index is 14.1. The van der Waals surface area contributed by atoms with E-state index in [4.69, 9.17) is 11.6 Å². The number of rotatable bonds is 6. The van der Waals surface area contributed by atoms with Crippen molar-refractivity contribution in [2.75, 3.05) is 46.3 Å². The number of nitrogens with one attached hydrogen (secondary N) is 2. The largest absolute Gasteiger partial charge is 0.506 e. The predicted octanol–water partition coefficient (Wildman–Crippen LogP) is 4.43. The Labute approximate surface area is 292 Å². The van der Waals surface area contributed by atoms with Gasteiger partial charge in [-0.15, -0.1) is 0 Å². The number of halogens is 4. The summed E-state index contributed by atoms with van der Waals surface area (Å²) in [6, 6.07) is 9.25. The molecule has 3 amide bonds. The van der Waals surface area contributed by atoms with Crippen molar-refractivity contribution in [1.82, 2.24) is 34.5 Å². The van der Waals surface area contributed by atoms with E-state index in [1.165, 1.54) is 18.9 Å². The van der Waals surface area contributed by atoms with Gasteiger partial charge in [-0.3, -0.25) is 14.3 Å². The van der Waals surface area contributed by atoms with E-state index in [0.29, 0.717) is 70.2 Å². The third kappa shape index (κ3) is 6.81. The summed E-state index contributed by atoms with van der Waals surface area (Å²) in [5, 5.41) is 12.4. The quantitative estimate of drug-likeness (QED) is 0.348. The minimum atomic E-state index is -4.87. The van der Waals surface area contributed by atoms with Gasteiger partial charge in [-0.1, -0.05) is 23.7 Å². The van der Waals surface area contributed by atoms with Crippen molar-refractivity contribution in [3.8, 4) is 5.75 Å². The highest BCUT2D eigenvalue weighted by Crippen LogP contribution is 2.41. The number of urea groups is 1. The molecule has 4 aliphatic heterocycles. The molecule has 3 atom stereocenters. The Morgan fingerprint density at radius 2 is 1.60 bits per heavy atom. The van der Waals surface area contributed by atoms with Crippen LogP contribution >= 0.6 is 11.6 Å². The number of piperazine rings is 1. The number of amides is 3. The van der Waals surface area contributed by atoms with Gasteiger partial charge in [0.15, 0.2) is 0 Å². The predicted molar refractivity (Wildman–Crippen MR) is 182 cm³/mol. The minimum absolute atomic E-state index is 0.0663. The number of para-hydroxylation sites is 2. The lowest BCUT2D eigenvalue weighted by molar-refractivity contribution is -0.138. The van der Waals surface area contributed by atoms with Crippen molar-refractivity contribution in [2.24, 2.45) is 0 Å². The summed E-state index contributed by atoms with van der Waals surface area (Å²) in [7, 11) is 2.20. The van der Waals surface area contributed by atoms with Gasteiger partial charge in [0.1, 0.15) is 11.8 Å². The van der Waals surface area contributed by atoms with E-state index in [1.54, 1.807) is 14.4 Å². The number of aromatic hydroxyl groups is 1. The number of alkyl halides is 3. The topological polar surface area (TPSA) is 117 Å². The molecular weight excluding hydrogens is 675 g/mol. The van der Waals surface area contributed by atoms with Crippen LogP contribution in [0.15, 0.2) is 41.2 Å². The molecule has 3 N–H and O–H groups in total. The first-order valence-electron chi connectivity index (χ1n) is 17.5. The van der Waals surface area contributed by atoms with Gasteiger partial charge in [0, 0.05) is 69.9 Å². The number of carbonyl (C=O) groups is 2. The van der Waals surface area contributed by atoms with E-state index < -0.39 is 34.6 Å². The molecule has 50 heavy (non-hydrogen) atoms. The number of aromatic amines is 1. The molecule has 2 unspecified atom stereocenters. The Kier molecular flexibility index (Phi) is 9.54. The van der Waals surface area contributed by atoms with E-state index in [9.17, 15) is 32.7 Å². The van der Waals surface area contributed by atoms with Crippen LogP contribution in [0.25, 0.3) is 11.0 Å². The van der Waals surface area contributed by atoms with Crippen LogP contribution in [-0.2, 0) is 17.4 Å². The summed E-state index contributed by atoms with van der Waals surface area (Å²) >= 11 is 6.02. The number of likely N-dealkylation sites (tertiary alicyclic amines) is 1. The number of nitrogens with zero attached hydrogens (tertiary/aromatic N) is 5. The zero-order valence-corrected chi connectivity index (χ0v) is 28.7. The molecule has 1 aromatic heterocycles. The molecule has 270 valence electrons. The second kappa shape index (κ2) is 13.8. The van der Waals surface area contributed by atoms with Crippen LogP contribution in [0.4, 0.5) is 18.0 Å². The van der Waals surface area contributed by atoms with E-state index >= 15 is 0 Å². The number of fused-ring (bicyclic) bond motifs is 3. The van der Waals surface area contributed by atoms with Crippen LogP contribution < -0.4 is 11.0 Å². The highest BCUT2D eigenvalue weighted by atomic mass is 35.5. The fourth-order valence-corrected chi connectivity index (χ4v) is 8.88. The number of phenolic OH excluding ortho intramolecular Hbond substituents is 1. The number of phenols is 1. The molecule has 7 rings (SSSR count). The number of carbonyl (C=O) groups excluding carboxylic acids is 2. The average molecular weight is 718 g/mol. The average Bonchev–Trinajstić information content (AvgIpc) is 3.51. The van der Waals surface area contributed by atoms with Gasteiger partial charge in [-0.2, -0.15) is 13.2 Å². The Balaban J connectivity index is 1.05. The van der Waals surface area contributed by atoms with Gasteiger partial charge in [0.05, 0.1) is 21.6 Å². The van der Waals surface area contributed by atoms with E-state index in [2.05, 4.69) is 27.1 Å². The zero-order chi connectivity index (χ0) is 35.3. The van der Waals surface area contributed by atoms with Gasteiger partial charge in [0.2, 0.25) is 5.91 Å². The van der Waals surface area contributed by atoms with Crippen LogP contribution in [0.2, 0.25) is 5.02 Å². The summed E-state index contributed by atoms with van der Waals surface area (Å²) in [6.07, 6.45) is 0.555. The highest BCUT2D eigenvalue weighted by Gasteiger charge is 2.42. The maximum absolute atomic E-state index is 14.1. The molecule has 0 spiro atoms. The summed E-state index contributed by atoms with van der Waals surface area (Å²) in [5.74, 6) is -1.45. The van der Waals surface area contributed by atoms with Gasteiger partial charge in [0.25, 0.3) is 0 Å². The highest BCUT2D eigenvalue weighted by molar-refractivity contribution is 6.32. The molecule has 3 aromatic rings. The molecule has 0 aliphatic carbocycles. The fourth-order valence-electron chi connectivity index (χ4n) is 8.64. The van der Waals surface area contributed by atoms with Crippen molar-refractivity contribution in [2.45, 2.75) is 81.3 Å². The second-order valence-electron chi connectivity index (χ2n) is 14.3. The lowest BCUT2D eigenvalue weighted by Crippen LogP contribution is -2.59. The molecular formula is C35H43ClF3N7O4. The number of imidazole rings is 1. The van der Waals surface area contributed by atoms with E-state index in [0.717, 1.165) is 29.9 Å². The van der Waals surface area contributed by atoms with Crippen molar-refractivity contribution in [3.63, 3.8) is 0 Å². The smallest absolute Gasteiger partial charge is 0.420 e. The molecule has 5 heterocycles. The molecule has 4 aliphatic rings. The SMILES string of the molecule is CN1C2CCC1CC(N1CCN(C(=O)[C@@H](Cc3cc(Cl)c(O)c(C(F)(F)F)c3)NC(=O)N3CCC(n4c(=O)[nH]c5ccccc54)CC3)CC1)C2. The summed E-state index contributed by atoms with van der Waals surface area (Å²) in [6.45, 7) is 2.91.